The van der Waals surface area contributed by atoms with Crippen molar-refractivity contribution in [3.63, 3.8) is 0 Å². The van der Waals surface area contributed by atoms with Crippen LogP contribution >= 0.6 is 11.6 Å². The van der Waals surface area contributed by atoms with Gasteiger partial charge in [0.25, 0.3) is 5.91 Å². The monoisotopic (exact) mass is 464 g/mol. The molecule has 0 saturated carbocycles. The van der Waals surface area contributed by atoms with Crippen molar-refractivity contribution in [2.24, 2.45) is 0 Å². The van der Waals surface area contributed by atoms with Gasteiger partial charge in [0.1, 0.15) is 11.5 Å². The lowest BCUT2D eigenvalue weighted by atomic mass is 9.99. The highest BCUT2D eigenvalue weighted by molar-refractivity contribution is 6.30. The van der Waals surface area contributed by atoms with Gasteiger partial charge in [-0.1, -0.05) is 23.7 Å². The molecule has 0 unspecified atom stereocenters. The molecule has 1 heterocycles. The smallest absolute Gasteiger partial charge is 0.304 e. The van der Waals surface area contributed by atoms with Gasteiger partial charge in [-0.3, -0.25) is 9.59 Å². The number of hydrogen-bond acceptors (Lipinski definition) is 4. The third-order valence-corrected chi connectivity index (χ3v) is 5.66. The molecule has 2 amide bonds. The Labute approximate surface area is 196 Å². The lowest BCUT2D eigenvalue weighted by Crippen LogP contribution is -2.42. The molecule has 2 atom stereocenters. The van der Waals surface area contributed by atoms with Gasteiger partial charge < -0.3 is 14.8 Å². The largest absolute Gasteiger partial charge is 0.497 e. The zero-order chi connectivity index (χ0) is 23.4. The minimum absolute atomic E-state index is 0.329. The molecule has 0 radical (unpaired) electrons. The van der Waals surface area contributed by atoms with Crippen LogP contribution in [0, 0.1) is 0 Å². The molecule has 3 aromatic carbocycles. The van der Waals surface area contributed by atoms with Gasteiger partial charge in [-0.05, 0) is 60.7 Å². The molecule has 3 aromatic rings. The predicted octanol–water partition coefficient (Wildman–Crippen LogP) is 3.37. The summed E-state index contributed by atoms with van der Waals surface area (Å²) < 4.78 is 12.4. The summed E-state index contributed by atoms with van der Waals surface area (Å²) in [6, 6.07) is 20.0. The molecule has 8 heteroatoms. The van der Waals surface area contributed by atoms with Gasteiger partial charge in [-0.2, -0.15) is 0 Å². The SMILES string of the molecule is COc1ccc([C@@H]2[C@H](NC(=O)c3ccc(Cl)cc3)C(=O)N/[N+]2=C\c2ccccc2OC)cc1. The first kappa shape index (κ1) is 22.4. The van der Waals surface area contributed by atoms with Crippen LogP contribution in [0.4, 0.5) is 0 Å². The number of amides is 2. The van der Waals surface area contributed by atoms with Gasteiger partial charge >= 0.3 is 5.91 Å². The molecule has 0 aliphatic carbocycles. The quantitative estimate of drug-likeness (QED) is 0.548. The maximum Gasteiger partial charge on any atom is 0.304 e. The fourth-order valence-corrected chi connectivity index (χ4v) is 3.86. The first-order valence-electron chi connectivity index (χ1n) is 10.3. The number of carbonyl (C=O) groups excluding carboxylic acids is 2. The molecule has 4 rings (SSSR count). The Morgan fingerprint density at radius 1 is 1.00 bits per heavy atom. The van der Waals surface area contributed by atoms with Crippen LogP contribution < -0.4 is 20.2 Å². The van der Waals surface area contributed by atoms with Gasteiger partial charge in [-0.15, -0.1) is 10.1 Å². The lowest BCUT2D eigenvalue weighted by Gasteiger charge is -2.15. The molecule has 168 valence electrons. The van der Waals surface area contributed by atoms with E-state index in [0.717, 1.165) is 11.1 Å². The zero-order valence-electron chi connectivity index (χ0n) is 18.1. The highest BCUT2D eigenvalue weighted by Gasteiger charge is 2.48. The normalized spacial score (nSPS) is 18.6. The molecule has 2 N–H and O–H groups in total. The van der Waals surface area contributed by atoms with E-state index < -0.39 is 12.1 Å². The fraction of sp³-hybridized carbons (Fsp3) is 0.160. The van der Waals surface area contributed by atoms with Crippen LogP contribution in [0.5, 0.6) is 11.5 Å². The summed E-state index contributed by atoms with van der Waals surface area (Å²) in [6.07, 6.45) is 1.79. The number of benzene rings is 3. The topological polar surface area (TPSA) is 79.7 Å². The number of hydrazone groups is 1. The van der Waals surface area contributed by atoms with E-state index in [1.807, 2.05) is 48.5 Å². The van der Waals surface area contributed by atoms with Crippen molar-refractivity contribution >= 4 is 29.6 Å². The average Bonchev–Trinajstić information content (AvgIpc) is 3.14. The Morgan fingerprint density at radius 2 is 1.70 bits per heavy atom. The van der Waals surface area contributed by atoms with Crippen LogP contribution in [-0.2, 0) is 4.79 Å². The van der Waals surface area contributed by atoms with E-state index in [0.29, 0.717) is 22.1 Å². The molecular formula is C25H23ClN3O4+. The average molecular weight is 465 g/mol. The Morgan fingerprint density at radius 3 is 2.36 bits per heavy atom. The molecule has 0 spiro atoms. The molecule has 0 aromatic heterocycles. The van der Waals surface area contributed by atoms with Crippen molar-refractivity contribution in [2.75, 3.05) is 14.2 Å². The third kappa shape index (κ3) is 4.83. The number of rotatable bonds is 6. The van der Waals surface area contributed by atoms with Crippen molar-refractivity contribution in [3.05, 3.63) is 94.5 Å². The molecule has 33 heavy (non-hydrogen) atoms. The van der Waals surface area contributed by atoms with Crippen molar-refractivity contribution in [1.82, 2.24) is 10.7 Å². The number of carbonyl (C=O) groups is 2. The summed E-state index contributed by atoms with van der Waals surface area (Å²) in [5, 5.41) is 3.39. The number of hydrogen-bond donors (Lipinski definition) is 2. The second kappa shape index (κ2) is 9.75. The van der Waals surface area contributed by atoms with E-state index in [1.54, 1.807) is 49.4 Å². The van der Waals surface area contributed by atoms with Crippen molar-refractivity contribution < 1.29 is 23.7 Å². The lowest BCUT2D eigenvalue weighted by molar-refractivity contribution is -0.596. The zero-order valence-corrected chi connectivity index (χ0v) is 18.9. The number of halogens is 1. The van der Waals surface area contributed by atoms with Crippen LogP contribution in [0.3, 0.4) is 0 Å². The Hall–Kier alpha value is -3.84. The Kier molecular flexibility index (Phi) is 6.60. The molecule has 1 fully saturated rings. The van der Waals surface area contributed by atoms with E-state index in [4.69, 9.17) is 21.1 Å². The standard InChI is InChI=1S/C25H22ClN3O4/c1-32-20-13-9-16(10-14-20)23-22(27-24(30)17-7-11-19(26)12-8-17)25(31)28-29(23)15-18-5-3-4-6-21(18)33-2/h3-15,22-23H,1-2H3,(H-,27,28,30,31)/p+1/b29-15-/t22-,23+/m0/s1. The number of hydrazine groups is 1. The molecule has 1 aliphatic heterocycles. The molecule has 1 aliphatic rings. The van der Waals surface area contributed by atoms with E-state index in [9.17, 15) is 9.59 Å². The van der Waals surface area contributed by atoms with Gasteiger partial charge in [-0.25, -0.2) is 0 Å². The van der Waals surface area contributed by atoms with Gasteiger partial charge in [0, 0.05) is 16.1 Å². The van der Waals surface area contributed by atoms with Gasteiger partial charge in [0.15, 0.2) is 6.04 Å². The fourth-order valence-electron chi connectivity index (χ4n) is 3.73. The van der Waals surface area contributed by atoms with E-state index in [2.05, 4.69) is 10.7 Å². The molecule has 0 bridgehead atoms. The van der Waals surface area contributed by atoms with E-state index >= 15 is 0 Å². The number of methoxy groups -OCH3 is 2. The number of nitrogens with one attached hydrogen (secondary N) is 2. The Balaban J connectivity index is 1.72. The predicted molar refractivity (Wildman–Crippen MR) is 125 cm³/mol. The minimum Gasteiger partial charge on any atom is -0.497 e. The van der Waals surface area contributed by atoms with Gasteiger partial charge in [0.05, 0.1) is 19.8 Å². The van der Waals surface area contributed by atoms with E-state index in [1.165, 1.54) is 0 Å². The summed E-state index contributed by atoms with van der Waals surface area (Å²) in [6.45, 7) is 0. The maximum absolute atomic E-state index is 13.0. The second-order valence-corrected chi connectivity index (χ2v) is 7.87. The highest BCUT2D eigenvalue weighted by Crippen LogP contribution is 2.28. The number of nitrogens with zero attached hydrogens (tertiary/aromatic N) is 1. The van der Waals surface area contributed by atoms with Gasteiger partial charge in [0.2, 0.25) is 12.3 Å². The second-order valence-electron chi connectivity index (χ2n) is 7.43. The first-order valence-corrected chi connectivity index (χ1v) is 10.6. The number of para-hydroxylation sites is 1. The molecular weight excluding hydrogens is 442 g/mol. The summed E-state index contributed by atoms with van der Waals surface area (Å²) in [4.78, 5) is 25.9. The highest BCUT2D eigenvalue weighted by atomic mass is 35.5. The minimum atomic E-state index is -0.840. The van der Waals surface area contributed by atoms with Crippen LogP contribution in [-0.4, -0.2) is 43.0 Å². The summed E-state index contributed by atoms with van der Waals surface area (Å²) in [5.41, 5.74) is 4.88. The molecule has 7 nitrogen and oxygen atoms in total. The van der Waals surface area contributed by atoms with Crippen molar-refractivity contribution in [2.45, 2.75) is 12.1 Å². The number of ether oxygens (including phenoxy) is 2. The van der Waals surface area contributed by atoms with Crippen LogP contribution in [0.25, 0.3) is 0 Å². The summed E-state index contributed by atoms with van der Waals surface area (Å²) in [7, 11) is 3.18. The van der Waals surface area contributed by atoms with Crippen LogP contribution in [0.1, 0.15) is 27.5 Å². The summed E-state index contributed by atoms with van der Waals surface area (Å²) in [5.74, 6) is 0.653. The van der Waals surface area contributed by atoms with Crippen LogP contribution in [0.2, 0.25) is 5.02 Å². The maximum atomic E-state index is 13.0. The third-order valence-electron chi connectivity index (χ3n) is 5.40. The van der Waals surface area contributed by atoms with Crippen LogP contribution in [0.15, 0.2) is 72.8 Å². The first-order chi connectivity index (χ1) is 16.0. The molecule has 1 saturated heterocycles. The van der Waals surface area contributed by atoms with Crippen molar-refractivity contribution in [3.8, 4) is 11.5 Å². The summed E-state index contributed by atoms with van der Waals surface area (Å²) >= 11 is 5.93. The van der Waals surface area contributed by atoms with Crippen molar-refractivity contribution in [1.29, 1.82) is 0 Å². The van der Waals surface area contributed by atoms with E-state index in [-0.39, 0.29) is 11.8 Å². The Bertz CT molecular complexity index is 1190.